The number of esters is 2. The third-order valence-electron chi connectivity index (χ3n) is 11.5. The Morgan fingerprint density at radius 3 is 1.82 bits per heavy atom. The van der Waals surface area contributed by atoms with E-state index in [0.717, 1.165) is 27.5 Å². The summed E-state index contributed by atoms with van der Waals surface area (Å²) in [7, 11) is 0. The van der Waals surface area contributed by atoms with Gasteiger partial charge in [0.15, 0.2) is 18.7 Å². The Morgan fingerprint density at radius 1 is 0.585 bits per heavy atom. The molecule has 3 aliphatic rings. The first-order chi connectivity index (χ1) is 32.0. The van der Waals surface area contributed by atoms with Crippen LogP contribution in [-0.2, 0) is 62.5 Å². The van der Waals surface area contributed by atoms with Crippen LogP contribution < -0.4 is 0 Å². The summed E-state index contributed by atoms with van der Waals surface area (Å²) in [5, 5.41) is 6.28. The molecule has 6 aromatic rings. The van der Waals surface area contributed by atoms with Crippen LogP contribution >= 0.6 is 0 Å². The van der Waals surface area contributed by atoms with Crippen LogP contribution in [0, 0.1) is 0 Å². The minimum atomic E-state index is -1.40. The van der Waals surface area contributed by atoms with Gasteiger partial charge in [0.25, 0.3) is 0 Å². The zero-order valence-corrected chi connectivity index (χ0v) is 35.2. The lowest BCUT2D eigenvalue weighted by molar-refractivity contribution is -0.323. The molecule has 0 amide bonds. The highest BCUT2D eigenvalue weighted by Gasteiger charge is 2.57. The number of hydrogen-bond acceptors (Lipinski definition) is 12. The molecule has 332 valence electrons. The van der Waals surface area contributed by atoms with Crippen LogP contribution in [0.5, 0.6) is 0 Å². The normalized spacial score (nSPS) is 25.9. The first-order valence-corrected chi connectivity index (χ1v) is 21.5. The van der Waals surface area contributed by atoms with Gasteiger partial charge in [0.05, 0.1) is 44.2 Å². The molecular formula is C51H47N3O11. The molecule has 0 radical (unpaired) electrons. The maximum Gasteiger partial charge on any atom is 0.338 e. The first-order valence-electron chi connectivity index (χ1n) is 21.5. The van der Waals surface area contributed by atoms with Crippen molar-refractivity contribution < 1.29 is 52.2 Å². The number of carbonyl (C=O) groups excluding carboxylic acids is 2. The fourth-order valence-electron chi connectivity index (χ4n) is 8.31. The fourth-order valence-corrected chi connectivity index (χ4v) is 8.31. The molecule has 0 aromatic heterocycles. The fraction of sp³-hybridized carbons (Fsp3) is 0.294. The van der Waals surface area contributed by atoms with E-state index in [9.17, 15) is 15.1 Å². The second-order valence-corrected chi connectivity index (χ2v) is 15.9. The Morgan fingerprint density at radius 2 is 1.15 bits per heavy atom. The maximum absolute atomic E-state index is 14.0. The Labute approximate surface area is 375 Å². The van der Waals surface area contributed by atoms with E-state index in [1.807, 2.05) is 103 Å². The average molecular weight is 878 g/mol. The smallest absolute Gasteiger partial charge is 0.338 e. The molecule has 6 aromatic carbocycles. The Balaban J connectivity index is 1.06. The van der Waals surface area contributed by atoms with Crippen molar-refractivity contribution in [1.82, 2.24) is 0 Å². The van der Waals surface area contributed by atoms with Gasteiger partial charge >= 0.3 is 11.9 Å². The number of fused-ring (bicyclic) bond motifs is 3. The molecule has 0 unspecified atom stereocenters. The van der Waals surface area contributed by atoms with Crippen molar-refractivity contribution in [1.29, 1.82) is 0 Å². The van der Waals surface area contributed by atoms with Gasteiger partial charge in [-0.15, -0.1) is 0 Å². The number of hydrogen-bond donors (Lipinski definition) is 0. The number of carbonyl (C=O) groups is 2. The van der Waals surface area contributed by atoms with Gasteiger partial charge in [0.1, 0.15) is 42.7 Å². The minimum Gasteiger partial charge on any atom is -0.455 e. The van der Waals surface area contributed by atoms with Gasteiger partial charge in [-0.25, -0.2) is 9.59 Å². The summed E-state index contributed by atoms with van der Waals surface area (Å²) in [6.45, 7) is 0.461. The third-order valence-corrected chi connectivity index (χ3v) is 11.5. The molecule has 0 spiro atoms. The lowest BCUT2D eigenvalue weighted by atomic mass is 9.95. The standard InChI is InChI=1S/C51H47N3O11/c52-54-53-42-45(63-48(55)37-20-9-3-10-21-37)43(58-30-35-25-26-36-19-13-14-24-39(36)27-35)40(31-57-28-33-15-5-1-6-16-33)61-50(42)65-44-41-32-60-51(62-41)47(64-49(56)38-22-11-4-12-23-38)46(44)59-29-34-17-7-2-8-18-34/h1-27,40-47,50-51H,28-32H2/t40-,41+,42-,43-,44+,45-,46-,47-,50-,51-/m1/s1. The van der Waals surface area contributed by atoms with Gasteiger partial charge in [-0.1, -0.05) is 139 Å². The molecule has 9 rings (SSSR count). The lowest BCUT2D eigenvalue weighted by Gasteiger charge is -2.47. The van der Waals surface area contributed by atoms with Crippen molar-refractivity contribution in [3.8, 4) is 0 Å². The van der Waals surface area contributed by atoms with Crippen molar-refractivity contribution in [3.05, 3.63) is 202 Å². The van der Waals surface area contributed by atoms with Crippen molar-refractivity contribution in [2.24, 2.45) is 5.11 Å². The van der Waals surface area contributed by atoms with Crippen molar-refractivity contribution >= 4 is 22.7 Å². The maximum atomic E-state index is 14.0. The highest BCUT2D eigenvalue weighted by Crippen LogP contribution is 2.39. The molecule has 0 saturated carbocycles. The van der Waals surface area contributed by atoms with Crippen molar-refractivity contribution in [2.75, 3.05) is 13.2 Å². The van der Waals surface area contributed by atoms with Gasteiger partial charge in [0, 0.05) is 4.91 Å². The molecule has 10 atom stereocenters. The molecule has 3 heterocycles. The summed E-state index contributed by atoms with van der Waals surface area (Å²) >= 11 is 0. The topological polar surface area (TPSA) is 166 Å². The Kier molecular flexibility index (Phi) is 14.2. The average Bonchev–Trinajstić information content (AvgIpc) is 3.80. The summed E-state index contributed by atoms with van der Waals surface area (Å²) in [5.74, 6) is -1.29. The largest absolute Gasteiger partial charge is 0.455 e. The third kappa shape index (κ3) is 10.6. The summed E-state index contributed by atoms with van der Waals surface area (Å²) in [6.07, 6.45) is -9.47. The second-order valence-electron chi connectivity index (χ2n) is 15.9. The van der Waals surface area contributed by atoms with Gasteiger partial charge in [0.2, 0.25) is 0 Å². The minimum absolute atomic E-state index is 0.0411. The summed E-state index contributed by atoms with van der Waals surface area (Å²) in [4.78, 5) is 30.9. The highest BCUT2D eigenvalue weighted by atomic mass is 16.8. The molecule has 0 aliphatic carbocycles. The van der Waals surface area contributed by atoms with Crippen LogP contribution in [0.3, 0.4) is 0 Å². The van der Waals surface area contributed by atoms with Crippen LogP contribution in [0.15, 0.2) is 169 Å². The summed E-state index contributed by atoms with van der Waals surface area (Å²) < 4.78 is 58.2. The highest BCUT2D eigenvalue weighted by molar-refractivity contribution is 5.90. The lowest BCUT2D eigenvalue weighted by Crippen LogP contribution is -2.64. The van der Waals surface area contributed by atoms with E-state index >= 15 is 0 Å². The Hall–Kier alpha value is -6.45. The Bertz CT molecular complexity index is 2550. The van der Waals surface area contributed by atoms with Crippen LogP contribution in [-0.4, -0.2) is 86.5 Å². The van der Waals surface area contributed by atoms with E-state index in [0.29, 0.717) is 5.56 Å². The van der Waals surface area contributed by atoms with E-state index in [-0.39, 0.29) is 38.6 Å². The summed E-state index contributed by atoms with van der Waals surface area (Å²) in [6, 6.07) is 48.9. The molecule has 65 heavy (non-hydrogen) atoms. The molecule has 0 N–H and O–H groups in total. The number of azide groups is 1. The number of benzene rings is 6. The first kappa shape index (κ1) is 43.8. The van der Waals surface area contributed by atoms with Gasteiger partial charge < -0.3 is 42.6 Å². The molecule has 14 nitrogen and oxygen atoms in total. The van der Waals surface area contributed by atoms with Crippen molar-refractivity contribution in [2.45, 2.75) is 81.2 Å². The SMILES string of the molecule is [N-]=[N+]=N[C@H]1[C@@H](O[C@@H]2[C@@H](OCc3ccccc3)[C@@H](OC(=O)c3ccccc3)[C@@H]3OC[C@@H]2O3)O[C@H](COCc2ccccc2)[C@@H](OCc2ccc3ccccc3c2)[C@@H]1OC(=O)c1ccccc1. The van der Waals surface area contributed by atoms with Gasteiger partial charge in [-0.2, -0.15) is 0 Å². The van der Waals surface area contributed by atoms with Gasteiger partial charge in [-0.3, -0.25) is 0 Å². The summed E-state index contributed by atoms with van der Waals surface area (Å²) in [5.41, 5.74) is 13.4. The van der Waals surface area contributed by atoms with E-state index < -0.39 is 73.3 Å². The predicted octanol–water partition coefficient (Wildman–Crippen LogP) is 8.52. The molecule has 3 fully saturated rings. The van der Waals surface area contributed by atoms with E-state index in [1.54, 1.807) is 60.7 Å². The predicted molar refractivity (Wildman–Crippen MR) is 236 cm³/mol. The molecule has 3 aliphatic heterocycles. The number of ether oxygens (including phenoxy) is 9. The monoisotopic (exact) mass is 877 g/mol. The molecule has 14 heteroatoms. The van der Waals surface area contributed by atoms with E-state index in [4.69, 9.17) is 42.6 Å². The molecule has 3 saturated heterocycles. The van der Waals surface area contributed by atoms with Crippen LogP contribution in [0.4, 0.5) is 0 Å². The van der Waals surface area contributed by atoms with E-state index in [2.05, 4.69) is 10.0 Å². The van der Waals surface area contributed by atoms with Crippen LogP contribution in [0.1, 0.15) is 37.4 Å². The molecule has 2 bridgehead atoms. The van der Waals surface area contributed by atoms with Crippen molar-refractivity contribution in [3.63, 3.8) is 0 Å². The second kappa shape index (κ2) is 21.0. The zero-order valence-electron chi connectivity index (χ0n) is 35.2. The van der Waals surface area contributed by atoms with E-state index in [1.165, 1.54) is 0 Å². The van der Waals surface area contributed by atoms with Crippen LogP contribution in [0.2, 0.25) is 0 Å². The number of nitrogens with zero attached hydrogens (tertiary/aromatic N) is 3. The zero-order chi connectivity index (χ0) is 44.4. The molecular weight excluding hydrogens is 831 g/mol. The van der Waals surface area contributed by atoms with Gasteiger partial charge in [-0.05, 0) is 63.3 Å². The quantitative estimate of drug-likeness (QED) is 0.0373. The van der Waals surface area contributed by atoms with Crippen LogP contribution in [0.25, 0.3) is 21.2 Å². The number of rotatable bonds is 17.